The van der Waals surface area contributed by atoms with Gasteiger partial charge in [0.25, 0.3) is 0 Å². The molecule has 0 aromatic carbocycles. The average molecular weight is 269 g/mol. The number of hydrogen-bond acceptors (Lipinski definition) is 3. The first-order valence-corrected chi connectivity index (χ1v) is 6.66. The Kier molecular flexibility index (Phi) is 4.24. The standard InChI is InChI=1S/C14H20FNO3/c1-10-2-3-12(19-10)8-16-9-14(15)6-4-11(5-7-14)13(17)18/h2-3,11,16H,4-9H2,1H3,(H,17,18). The zero-order chi connectivity index (χ0) is 13.9. The Morgan fingerprint density at radius 3 is 2.74 bits per heavy atom. The summed E-state index contributed by atoms with van der Waals surface area (Å²) in [5.41, 5.74) is -1.28. The maximum atomic E-state index is 14.4. The molecule has 2 N–H and O–H groups in total. The number of alkyl halides is 1. The molecule has 19 heavy (non-hydrogen) atoms. The van der Waals surface area contributed by atoms with Crippen LogP contribution in [0.5, 0.6) is 0 Å². The van der Waals surface area contributed by atoms with Crippen molar-refractivity contribution in [3.05, 3.63) is 23.7 Å². The molecular formula is C14H20FNO3. The van der Waals surface area contributed by atoms with E-state index in [1.807, 2.05) is 19.1 Å². The van der Waals surface area contributed by atoms with Gasteiger partial charge in [-0.3, -0.25) is 4.79 Å². The second-order valence-electron chi connectivity index (χ2n) is 5.38. The van der Waals surface area contributed by atoms with E-state index in [2.05, 4.69) is 5.32 Å². The quantitative estimate of drug-likeness (QED) is 0.862. The second-order valence-corrected chi connectivity index (χ2v) is 5.38. The molecule has 0 saturated heterocycles. The van der Waals surface area contributed by atoms with E-state index in [1.54, 1.807) is 0 Å². The van der Waals surface area contributed by atoms with E-state index >= 15 is 0 Å². The smallest absolute Gasteiger partial charge is 0.306 e. The van der Waals surface area contributed by atoms with Gasteiger partial charge in [-0.25, -0.2) is 4.39 Å². The number of furan rings is 1. The highest BCUT2D eigenvalue weighted by Crippen LogP contribution is 2.34. The molecule has 5 heteroatoms. The number of carboxylic acid groups (broad SMARTS) is 1. The van der Waals surface area contributed by atoms with Crippen LogP contribution in [0.3, 0.4) is 0 Å². The fraction of sp³-hybridized carbons (Fsp3) is 0.643. The highest BCUT2D eigenvalue weighted by atomic mass is 19.1. The van der Waals surface area contributed by atoms with E-state index in [4.69, 9.17) is 9.52 Å². The molecule has 0 spiro atoms. The van der Waals surface area contributed by atoms with E-state index in [1.165, 1.54) is 0 Å². The maximum absolute atomic E-state index is 14.4. The van der Waals surface area contributed by atoms with Crippen LogP contribution in [0.2, 0.25) is 0 Å². The van der Waals surface area contributed by atoms with Crippen molar-refractivity contribution in [1.29, 1.82) is 0 Å². The Bertz CT molecular complexity index is 436. The van der Waals surface area contributed by atoms with Crippen molar-refractivity contribution < 1.29 is 18.7 Å². The molecule has 0 bridgehead atoms. The van der Waals surface area contributed by atoms with Gasteiger partial charge in [0.05, 0.1) is 12.5 Å². The summed E-state index contributed by atoms with van der Waals surface area (Å²) >= 11 is 0. The average Bonchev–Trinajstić information content (AvgIpc) is 2.75. The molecule has 1 aromatic heterocycles. The minimum absolute atomic E-state index is 0.249. The number of hydrogen-bond donors (Lipinski definition) is 2. The molecule has 0 atom stereocenters. The molecule has 1 saturated carbocycles. The van der Waals surface area contributed by atoms with Crippen molar-refractivity contribution in [3.63, 3.8) is 0 Å². The number of rotatable bonds is 5. The topological polar surface area (TPSA) is 62.5 Å². The van der Waals surface area contributed by atoms with E-state index in [0.717, 1.165) is 11.5 Å². The SMILES string of the molecule is Cc1ccc(CNCC2(F)CCC(C(=O)O)CC2)o1. The van der Waals surface area contributed by atoms with Crippen molar-refractivity contribution in [2.45, 2.75) is 44.8 Å². The first-order chi connectivity index (χ1) is 8.98. The van der Waals surface area contributed by atoms with Crippen molar-refractivity contribution in [1.82, 2.24) is 5.32 Å². The third-order valence-electron chi connectivity index (χ3n) is 3.77. The summed E-state index contributed by atoms with van der Waals surface area (Å²) in [6, 6.07) is 3.74. The Balaban J connectivity index is 1.75. The van der Waals surface area contributed by atoms with Crippen LogP contribution in [0, 0.1) is 12.8 Å². The van der Waals surface area contributed by atoms with Gasteiger partial charge in [0.2, 0.25) is 0 Å². The zero-order valence-corrected chi connectivity index (χ0v) is 11.1. The highest BCUT2D eigenvalue weighted by Gasteiger charge is 2.37. The molecule has 4 nitrogen and oxygen atoms in total. The summed E-state index contributed by atoms with van der Waals surface area (Å²) in [6.45, 7) is 2.62. The monoisotopic (exact) mass is 269 g/mol. The third kappa shape index (κ3) is 3.80. The number of aryl methyl sites for hydroxylation is 1. The predicted octanol–water partition coefficient (Wildman–Crippen LogP) is 2.66. The van der Waals surface area contributed by atoms with Gasteiger partial charge in [-0.1, -0.05) is 0 Å². The van der Waals surface area contributed by atoms with Crippen LogP contribution in [-0.4, -0.2) is 23.3 Å². The van der Waals surface area contributed by atoms with Crippen LogP contribution in [0.15, 0.2) is 16.5 Å². The lowest BCUT2D eigenvalue weighted by Gasteiger charge is -2.32. The van der Waals surface area contributed by atoms with E-state index in [-0.39, 0.29) is 12.5 Å². The lowest BCUT2D eigenvalue weighted by Crippen LogP contribution is -2.40. The van der Waals surface area contributed by atoms with Gasteiger partial charge in [0.15, 0.2) is 0 Å². The predicted molar refractivity (Wildman–Crippen MR) is 68.6 cm³/mol. The van der Waals surface area contributed by atoms with Gasteiger partial charge >= 0.3 is 5.97 Å². The molecule has 1 aromatic rings. The summed E-state index contributed by atoms with van der Waals surface area (Å²) in [5.74, 6) is 0.451. The van der Waals surface area contributed by atoms with Crippen molar-refractivity contribution >= 4 is 5.97 Å². The number of nitrogens with one attached hydrogen (secondary N) is 1. The van der Waals surface area contributed by atoms with Crippen molar-refractivity contribution in [2.24, 2.45) is 5.92 Å². The third-order valence-corrected chi connectivity index (χ3v) is 3.77. The van der Waals surface area contributed by atoms with Crippen LogP contribution in [0.4, 0.5) is 4.39 Å². The van der Waals surface area contributed by atoms with Gasteiger partial charge in [0, 0.05) is 6.54 Å². The molecule has 0 unspecified atom stereocenters. The molecule has 106 valence electrons. The van der Waals surface area contributed by atoms with Gasteiger partial charge in [-0.05, 0) is 44.7 Å². The van der Waals surface area contributed by atoms with Crippen molar-refractivity contribution in [2.75, 3.05) is 6.54 Å². The van der Waals surface area contributed by atoms with E-state index in [9.17, 15) is 9.18 Å². The second kappa shape index (κ2) is 5.74. The largest absolute Gasteiger partial charge is 0.481 e. The summed E-state index contributed by atoms with van der Waals surface area (Å²) < 4.78 is 19.8. The molecule has 0 radical (unpaired) electrons. The molecule has 0 amide bonds. The Morgan fingerprint density at radius 1 is 1.53 bits per heavy atom. The van der Waals surface area contributed by atoms with Gasteiger partial charge in [-0.15, -0.1) is 0 Å². The Hall–Kier alpha value is -1.36. The molecule has 2 rings (SSSR count). The first kappa shape index (κ1) is 14.1. The summed E-state index contributed by atoms with van der Waals surface area (Å²) in [4.78, 5) is 10.8. The van der Waals surface area contributed by atoms with Crippen LogP contribution in [-0.2, 0) is 11.3 Å². The lowest BCUT2D eigenvalue weighted by molar-refractivity contribution is -0.143. The lowest BCUT2D eigenvalue weighted by atomic mass is 9.80. The molecular weight excluding hydrogens is 249 g/mol. The van der Waals surface area contributed by atoms with Crippen LogP contribution in [0.1, 0.15) is 37.2 Å². The molecule has 1 heterocycles. The molecule has 1 aliphatic carbocycles. The number of halogens is 1. The zero-order valence-electron chi connectivity index (χ0n) is 11.1. The van der Waals surface area contributed by atoms with Crippen molar-refractivity contribution in [3.8, 4) is 0 Å². The summed E-state index contributed by atoms with van der Waals surface area (Å²) in [7, 11) is 0. The maximum Gasteiger partial charge on any atom is 0.306 e. The van der Waals surface area contributed by atoms with E-state index < -0.39 is 11.6 Å². The minimum Gasteiger partial charge on any atom is -0.481 e. The fourth-order valence-corrected chi connectivity index (χ4v) is 2.55. The first-order valence-electron chi connectivity index (χ1n) is 6.66. The summed E-state index contributed by atoms with van der Waals surface area (Å²) in [5, 5.41) is 11.9. The molecule has 0 aliphatic heterocycles. The molecule has 1 aliphatic rings. The number of aliphatic carboxylic acids is 1. The Morgan fingerprint density at radius 2 is 2.21 bits per heavy atom. The number of carboxylic acids is 1. The normalized spacial score (nSPS) is 27.4. The summed E-state index contributed by atoms with van der Waals surface area (Å²) in [6.07, 6.45) is 1.48. The Labute approximate surface area is 112 Å². The number of carbonyl (C=O) groups is 1. The minimum atomic E-state index is -1.28. The van der Waals surface area contributed by atoms with Crippen LogP contribution >= 0.6 is 0 Å². The van der Waals surface area contributed by atoms with Crippen LogP contribution < -0.4 is 5.32 Å². The van der Waals surface area contributed by atoms with Gasteiger partial charge < -0.3 is 14.8 Å². The fourth-order valence-electron chi connectivity index (χ4n) is 2.55. The molecule has 1 fully saturated rings. The van der Waals surface area contributed by atoms with Crippen LogP contribution in [0.25, 0.3) is 0 Å². The van der Waals surface area contributed by atoms with Gasteiger partial charge in [-0.2, -0.15) is 0 Å². The highest BCUT2D eigenvalue weighted by molar-refractivity contribution is 5.70. The van der Waals surface area contributed by atoms with Gasteiger partial charge in [0.1, 0.15) is 17.2 Å². The van der Waals surface area contributed by atoms with E-state index in [0.29, 0.717) is 32.2 Å².